The van der Waals surface area contributed by atoms with Crippen LogP contribution in [0.2, 0.25) is 0 Å². The molecule has 0 radical (unpaired) electrons. The van der Waals surface area contributed by atoms with E-state index in [2.05, 4.69) is 41.9 Å². The molecule has 0 unspecified atom stereocenters. The fraction of sp³-hybridized carbons (Fsp3) is 0.375. The van der Waals surface area contributed by atoms with Crippen molar-refractivity contribution >= 4 is 69.1 Å². The highest BCUT2D eigenvalue weighted by molar-refractivity contribution is 6.00. The molecule has 23 nitrogen and oxygen atoms in total. The number of ether oxygens (including phenoxy) is 1. The lowest BCUT2D eigenvalue weighted by Crippen LogP contribution is -2.63. The summed E-state index contributed by atoms with van der Waals surface area (Å²) in [6.07, 6.45) is -0.235. The Balaban J connectivity index is 1.32. The molecular formula is C48H57N11O12. The van der Waals surface area contributed by atoms with E-state index in [9.17, 15) is 53.7 Å². The molecular weight excluding hydrogens is 923 g/mol. The van der Waals surface area contributed by atoms with Crippen LogP contribution in [-0.4, -0.2) is 134 Å². The van der Waals surface area contributed by atoms with Crippen LogP contribution in [0.25, 0.3) is 21.8 Å². The van der Waals surface area contributed by atoms with Crippen molar-refractivity contribution < 1.29 is 58.4 Å². The summed E-state index contributed by atoms with van der Waals surface area (Å²) < 4.78 is 6.74. The van der Waals surface area contributed by atoms with Crippen LogP contribution < -0.4 is 53.8 Å². The number of amides is 7. The first-order chi connectivity index (χ1) is 34.0. The molecule has 7 amide bonds. The molecule has 8 rings (SSSR count). The van der Waals surface area contributed by atoms with E-state index in [0.29, 0.717) is 50.5 Å². The molecule has 0 saturated carbocycles. The largest absolute Gasteiger partial charge is 0.481 e. The second kappa shape index (κ2) is 22.3. The monoisotopic (exact) mass is 979 g/mol. The SMILES string of the molecule is C[C@@H](O)[C@H](NC(=O)[C@H]1NC(=O)[C@H](CO)NC(=O)[C@H]2NC(=O)[C@H](CC(N)=O)NC(=O)[C@@H](N)Cc3c[nH]c4c(cccc34)O[C@@H]2c2c[nH]c3cc(ccc23)[C@@H]1CCCN)C(=O)N[C@@H](Cc1ccccc1)C(=O)O. The van der Waals surface area contributed by atoms with Crippen molar-refractivity contribution in [1.29, 1.82) is 0 Å². The molecule has 0 saturated heterocycles. The van der Waals surface area contributed by atoms with Gasteiger partial charge in [-0.25, -0.2) is 4.79 Å². The smallest absolute Gasteiger partial charge is 0.326 e. The summed E-state index contributed by atoms with van der Waals surface area (Å²) in [5, 5.41) is 47.7. The van der Waals surface area contributed by atoms with Crippen LogP contribution in [0.3, 0.4) is 0 Å². The number of carboxylic acid groups (broad SMARTS) is 1. The summed E-state index contributed by atoms with van der Waals surface area (Å²) in [6, 6.07) is 7.22. The molecule has 71 heavy (non-hydrogen) atoms. The number of aliphatic hydroxyl groups excluding tert-OH is 2. The van der Waals surface area contributed by atoms with Gasteiger partial charge in [0.1, 0.15) is 42.0 Å². The van der Waals surface area contributed by atoms with Gasteiger partial charge in [-0.2, -0.15) is 0 Å². The summed E-state index contributed by atoms with van der Waals surface area (Å²) in [5.74, 6) is -9.22. The van der Waals surface area contributed by atoms with Gasteiger partial charge in [-0.15, -0.1) is 0 Å². The summed E-state index contributed by atoms with van der Waals surface area (Å²) in [7, 11) is 0. The van der Waals surface area contributed by atoms with Gasteiger partial charge < -0.3 is 79.1 Å². The van der Waals surface area contributed by atoms with Gasteiger partial charge >= 0.3 is 5.97 Å². The van der Waals surface area contributed by atoms with E-state index in [1.54, 1.807) is 72.9 Å². The van der Waals surface area contributed by atoms with Gasteiger partial charge in [0.2, 0.25) is 41.4 Å². The molecule has 3 aliphatic rings. The number of carboxylic acids is 1. The number of nitrogens with two attached hydrogens (primary N) is 3. The normalized spacial score (nSPS) is 23.1. The Hall–Kier alpha value is -7.86. The maximum absolute atomic E-state index is 14.9. The first kappa shape index (κ1) is 51.0. The van der Waals surface area contributed by atoms with E-state index in [0.717, 1.165) is 0 Å². The van der Waals surface area contributed by atoms with Crippen molar-refractivity contribution in [3.05, 3.63) is 101 Å². The molecule has 3 aliphatic heterocycles. The maximum Gasteiger partial charge on any atom is 0.326 e. The Labute approximate surface area is 405 Å². The summed E-state index contributed by atoms with van der Waals surface area (Å²) in [4.78, 5) is 116. The van der Waals surface area contributed by atoms with Crippen molar-refractivity contribution in [3.63, 3.8) is 0 Å². The van der Waals surface area contributed by atoms with Crippen LogP contribution in [0.1, 0.15) is 60.5 Å². The molecule has 3 aromatic carbocycles. The van der Waals surface area contributed by atoms with Crippen LogP contribution in [0.15, 0.2) is 79.1 Å². The van der Waals surface area contributed by atoms with Gasteiger partial charge in [-0.05, 0) is 61.6 Å². The molecule has 0 fully saturated rings. The lowest BCUT2D eigenvalue weighted by Gasteiger charge is -2.33. The predicted octanol–water partition coefficient (Wildman–Crippen LogP) is -2.03. The summed E-state index contributed by atoms with van der Waals surface area (Å²) in [5.41, 5.74) is 20.7. The second-order valence-corrected chi connectivity index (χ2v) is 17.7. The number of hydrogen-bond acceptors (Lipinski definition) is 13. The first-order valence-corrected chi connectivity index (χ1v) is 23.0. The maximum atomic E-state index is 14.9. The van der Waals surface area contributed by atoms with E-state index in [1.807, 2.05) is 0 Å². The van der Waals surface area contributed by atoms with Crippen molar-refractivity contribution in [3.8, 4) is 5.75 Å². The highest BCUT2D eigenvalue weighted by Crippen LogP contribution is 2.37. The molecule has 5 heterocycles. The zero-order valence-electron chi connectivity index (χ0n) is 38.5. The van der Waals surface area contributed by atoms with E-state index in [-0.39, 0.29) is 31.6 Å². The number of primary amides is 1. The fourth-order valence-corrected chi connectivity index (χ4v) is 8.96. The molecule has 8 bridgehead atoms. The molecule has 0 spiro atoms. The lowest BCUT2D eigenvalue weighted by atomic mass is 9.85. The zero-order chi connectivity index (χ0) is 51.1. The number of fused-ring (bicyclic) bond motifs is 7. The van der Waals surface area contributed by atoms with Gasteiger partial charge in [-0.3, -0.25) is 33.6 Å². The quantitative estimate of drug-likeness (QED) is 0.0571. The van der Waals surface area contributed by atoms with Crippen molar-refractivity contribution in [1.82, 2.24) is 41.9 Å². The highest BCUT2D eigenvalue weighted by Gasteiger charge is 2.42. The number of aromatic nitrogens is 2. The number of aliphatic hydroxyl groups is 2. The Morgan fingerprint density at radius 1 is 0.845 bits per heavy atom. The van der Waals surface area contributed by atoms with E-state index in [4.69, 9.17) is 21.9 Å². The van der Waals surface area contributed by atoms with Crippen LogP contribution >= 0.6 is 0 Å². The standard InChI is InChI=1S/C48H57N11O12/c1-22(61)37(45(66)55-33(48(69)70)15-23-7-3-2-4-8-23)57-46(67)39-26(10-6-14-49)24-12-13-28-29(20-52-31(28)17-24)41-40(47(68)56-34(21-60)44(65)58-39)59-43(64)32(18-36(51)62)54-42(63)30(50)16-25-19-53-38-27(25)9-5-11-35(38)71-41/h2-5,7-9,11-13,17,19-20,22,26,30,32-34,37,39-41,52-53,60-61H,6,10,14-16,18,21,49-50H2,1H3,(H2,51,62)(H,54,63)(H,55,66)(H,56,68)(H,57,67)(H,58,65)(H,59,64)(H,69,70)/t22-,26+,30+,32+,33+,34+,37+,39+,40+,41-/m1/s1. The average Bonchev–Trinajstić information content (AvgIpc) is 3.96. The minimum Gasteiger partial charge on any atom is -0.481 e. The minimum atomic E-state index is -1.84. The Morgan fingerprint density at radius 3 is 2.27 bits per heavy atom. The number of benzene rings is 3. The highest BCUT2D eigenvalue weighted by atomic mass is 16.5. The molecule has 10 atom stereocenters. The van der Waals surface area contributed by atoms with Gasteiger partial charge in [-0.1, -0.05) is 54.6 Å². The van der Waals surface area contributed by atoms with Crippen molar-refractivity contribution in [2.24, 2.45) is 17.2 Å². The van der Waals surface area contributed by atoms with Gasteiger partial charge in [0.05, 0.1) is 30.7 Å². The Kier molecular flexibility index (Phi) is 16.0. The molecule has 0 aliphatic carbocycles. The van der Waals surface area contributed by atoms with Crippen LogP contribution in [0.4, 0.5) is 0 Å². The number of carbonyl (C=O) groups is 8. The lowest BCUT2D eigenvalue weighted by molar-refractivity contribution is -0.143. The van der Waals surface area contributed by atoms with E-state index >= 15 is 0 Å². The van der Waals surface area contributed by atoms with Crippen molar-refractivity contribution in [2.75, 3.05) is 13.2 Å². The number of aromatic amines is 2. The predicted molar refractivity (Wildman–Crippen MR) is 255 cm³/mol. The molecule has 376 valence electrons. The van der Waals surface area contributed by atoms with Crippen LogP contribution in [0.5, 0.6) is 5.75 Å². The van der Waals surface area contributed by atoms with Gasteiger partial charge in [0, 0.05) is 46.6 Å². The Bertz CT molecular complexity index is 2810. The summed E-state index contributed by atoms with van der Waals surface area (Å²) in [6.45, 7) is 0.296. The average molecular weight is 980 g/mol. The number of hydrogen-bond donors (Lipinski definition) is 14. The van der Waals surface area contributed by atoms with E-state index < -0.39 is 121 Å². The number of aliphatic carboxylic acids is 1. The van der Waals surface area contributed by atoms with E-state index in [1.165, 1.54) is 13.1 Å². The topological polar surface area (TPSA) is 388 Å². The number of rotatable bonds is 14. The first-order valence-electron chi connectivity index (χ1n) is 23.0. The molecule has 5 aromatic rings. The van der Waals surface area contributed by atoms with Crippen molar-refractivity contribution in [2.45, 2.75) is 99.4 Å². The molecule has 2 aromatic heterocycles. The second-order valence-electron chi connectivity index (χ2n) is 17.7. The molecule has 17 N–H and O–H groups in total. The van der Waals surface area contributed by atoms with Gasteiger partial charge in [0.25, 0.3) is 0 Å². The molecule has 23 heteroatoms. The number of para-hydroxylation sites is 1. The van der Waals surface area contributed by atoms with Crippen LogP contribution in [-0.2, 0) is 51.2 Å². The third-order valence-electron chi connectivity index (χ3n) is 12.7. The number of H-pyrrole nitrogens is 2. The third-order valence-corrected chi connectivity index (χ3v) is 12.7. The summed E-state index contributed by atoms with van der Waals surface area (Å²) >= 11 is 0. The van der Waals surface area contributed by atoms with Gasteiger partial charge in [0.15, 0.2) is 6.10 Å². The number of carbonyl (C=O) groups excluding carboxylic acids is 7. The third kappa shape index (κ3) is 11.6. The number of nitrogens with one attached hydrogen (secondary N) is 8. The minimum absolute atomic E-state index is 0.0116. The fourth-order valence-electron chi connectivity index (χ4n) is 8.96. The Morgan fingerprint density at radius 2 is 1.58 bits per heavy atom. The van der Waals surface area contributed by atoms with Crippen LogP contribution in [0, 0.1) is 0 Å². The zero-order valence-corrected chi connectivity index (χ0v) is 38.5.